The Labute approximate surface area is 258 Å². The molecule has 0 aliphatic heterocycles. The summed E-state index contributed by atoms with van der Waals surface area (Å²) in [4.78, 5) is 23.5. The summed E-state index contributed by atoms with van der Waals surface area (Å²) in [6.45, 7) is 7.67. The summed E-state index contributed by atoms with van der Waals surface area (Å²) in [6, 6.07) is 10.3. The average Bonchev–Trinajstić information content (AvgIpc) is 3.04. The standard InChI is InChI=1S/C35H43FO8/c1-4-5-6-7-26-8-10-27(11-9-26)28-12-13-32(33(36)20-28)29-18-30(41-14-16-43-34(39)24(2)22-37)21-31(19-29)42-15-17-44-35(40)25(3)23-38/h4-5,12-13,18-21,26-27,37-38H,2-3,6-11,14-17,22-23H2,1H3/b5-4+. The zero-order chi connectivity index (χ0) is 31.9. The third-order valence-electron chi connectivity index (χ3n) is 7.61. The highest BCUT2D eigenvalue weighted by Crippen LogP contribution is 2.39. The quantitative estimate of drug-likeness (QED) is 0.0962. The predicted molar refractivity (Wildman–Crippen MR) is 166 cm³/mol. The monoisotopic (exact) mass is 610 g/mol. The van der Waals surface area contributed by atoms with Gasteiger partial charge in [0.25, 0.3) is 0 Å². The second-order valence-corrected chi connectivity index (χ2v) is 10.8. The molecule has 0 saturated heterocycles. The van der Waals surface area contributed by atoms with Gasteiger partial charge in [-0.25, -0.2) is 14.0 Å². The first kappa shape index (κ1) is 34.5. The minimum absolute atomic E-state index is 0.00689. The Morgan fingerprint density at radius 3 is 1.93 bits per heavy atom. The Morgan fingerprint density at radius 2 is 1.43 bits per heavy atom. The zero-order valence-corrected chi connectivity index (χ0v) is 25.4. The van der Waals surface area contributed by atoms with Crippen LogP contribution in [0.3, 0.4) is 0 Å². The fourth-order valence-corrected chi connectivity index (χ4v) is 5.12. The van der Waals surface area contributed by atoms with Crippen LogP contribution in [0.5, 0.6) is 11.5 Å². The van der Waals surface area contributed by atoms with Crippen LogP contribution in [0.15, 0.2) is 72.9 Å². The number of esters is 2. The van der Waals surface area contributed by atoms with Crippen molar-refractivity contribution in [1.29, 1.82) is 0 Å². The Hall–Kier alpha value is -3.95. The topological polar surface area (TPSA) is 112 Å². The van der Waals surface area contributed by atoms with E-state index in [1.54, 1.807) is 30.3 Å². The summed E-state index contributed by atoms with van der Waals surface area (Å²) in [5.74, 6) is -0.0530. The molecule has 1 saturated carbocycles. The third-order valence-corrected chi connectivity index (χ3v) is 7.61. The van der Waals surface area contributed by atoms with Gasteiger partial charge >= 0.3 is 11.9 Å². The van der Waals surface area contributed by atoms with E-state index in [4.69, 9.17) is 29.2 Å². The normalized spacial score (nSPS) is 16.4. The van der Waals surface area contributed by atoms with E-state index in [0.29, 0.717) is 28.5 Å². The number of aliphatic hydroxyl groups excluding tert-OH is 2. The number of halogens is 1. The van der Waals surface area contributed by atoms with E-state index in [-0.39, 0.29) is 43.4 Å². The second kappa shape index (κ2) is 18.0. The van der Waals surface area contributed by atoms with Gasteiger partial charge in [0.05, 0.1) is 24.4 Å². The van der Waals surface area contributed by atoms with E-state index in [0.717, 1.165) is 43.6 Å². The number of allylic oxidation sites excluding steroid dienone is 2. The van der Waals surface area contributed by atoms with E-state index >= 15 is 4.39 Å². The lowest BCUT2D eigenvalue weighted by molar-refractivity contribution is -0.141. The number of hydrogen-bond acceptors (Lipinski definition) is 8. The fourth-order valence-electron chi connectivity index (χ4n) is 5.12. The molecule has 9 heteroatoms. The van der Waals surface area contributed by atoms with Crippen LogP contribution in [-0.4, -0.2) is 61.8 Å². The summed E-state index contributed by atoms with van der Waals surface area (Å²) >= 11 is 0. The number of carbonyl (C=O) groups is 2. The molecule has 0 radical (unpaired) electrons. The maximum atomic E-state index is 15.6. The van der Waals surface area contributed by atoms with Crippen molar-refractivity contribution in [2.45, 2.75) is 51.4 Å². The molecule has 0 atom stereocenters. The Kier molecular flexibility index (Phi) is 14.1. The van der Waals surface area contributed by atoms with E-state index in [1.807, 2.05) is 13.0 Å². The van der Waals surface area contributed by atoms with Crippen molar-refractivity contribution in [1.82, 2.24) is 0 Å². The molecule has 0 unspecified atom stereocenters. The third kappa shape index (κ3) is 10.6. The van der Waals surface area contributed by atoms with Crippen molar-refractivity contribution in [3.05, 3.63) is 84.2 Å². The lowest BCUT2D eigenvalue weighted by Gasteiger charge is -2.29. The SMILES string of the molecule is C=C(CO)C(=O)OCCOc1cc(OCCOC(=O)C(=C)CO)cc(-c2ccc(C3CCC(CC/C=C/C)CC3)cc2F)c1. The molecular formula is C35H43FO8. The van der Waals surface area contributed by atoms with Gasteiger partial charge in [0, 0.05) is 11.6 Å². The molecule has 0 spiro atoms. The predicted octanol–water partition coefficient (Wildman–Crippen LogP) is 6.06. The number of ether oxygens (including phenoxy) is 4. The molecule has 1 aliphatic rings. The van der Waals surface area contributed by atoms with Crippen molar-refractivity contribution in [2.24, 2.45) is 5.92 Å². The molecule has 0 heterocycles. The number of benzene rings is 2. The number of aliphatic hydroxyl groups is 2. The second-order valence-electron chi connectivity index (χ2n) is 10.8. The zero-order valence-electron chi connectivity index (χ0n) is 25.4. The molecule has 2 N–H and O–H groups in total. The molecule has 2 aromatic carbocycles. The largest absolute Gasteiger partial charge is 0.490 e. The van der Waals surface area contributed by atoms with Gasteiger partial charge in [0.2, 0.25) is 0 Å². The maximum Gasteiger partial charge on any atom is 0.335 e. The molecule has 238 valence electrons. The van der Waals surface area contributed by atoms with Gasteiger partial charge in [0.1, 0.15) is 43.7 Å². The number of carbonyl (C=O) groups excluding carboxylic acids is 2. The molecule has 2 aromatic rings. The van der Waals surface area contributed by atoms with Crippen LogP contribution in [-0.2, 0) is 19.1 Å². The lowest BCUT2D eigenvalue weighted by Crippen LogP contribution is -2.15. The first-order valence-corrected chi connectivity index (χ1v) is 15.0. The van der Waals surface area contributed by atoms with E-state index in [9.17, 15) is 9.59 Å². The molecule has 44 heavy (non-hydrogen) atoms. The highest BCUT2D eigenvalue weighted by molar-refractivity contribution is 5.88. The smallest absolute Gasteiger partial charge is 0.335 e. The van der Waals surface area contributed by atoms with E-state index < -0.39 is 25.2 Å². The number of hydrogen-bond donors (Lipinski definition) is 2. The summed E-state index contributed by atoms with van der Waals surface area (Å²) in [6.07, 6.45) is 11.0. The highest BCUT2D eigenvalue weighted by atomic mass is 19.1. The van der Waals surface area contributed by atoms with Crippen LogP contribution < -0.4 is 9.47 Å². The molecule has 8 nitrogen and oxygen atoms in total. The van der Waals surface area contributed by atoms with Crippen molar-refractivity contribution in [2.75, 3.05) is 39.6 Å². The summed E-state index contributed by atoms with van der Waals surface area (Å²) in [7, 11) is 0. The van der Waals surface area contributed by atoms with Gasteiger partial charge in [-0.3, -0.25) is 0 Å². The maximum absolute atomic E-state index is 15.6. The van der Waals surface area contributed by atoms with Gasteiger partial charge in [-0.15, -0.1) is 0 Å². The summed E-state index contributed by atoms with van der Waals surface area (Å²) < 4.78 is 37.2. The molecular weight excluding hydrogens is 567 g/mol. The Balaban J connectivity index is 1.71. The summed E-state index contributed by atoms with van der Waals surface area (Å²) in [5, 5.41) is 18.0. The first-order chi connectivity index (χ1) is 21.2. The molecule has 0 amide bonds. The van der Waals surface area contributed by atoms with Crippen LogP contribution >= 0.6 is 0 Å². The van der Waals surface area contributed by atoms with Gasteiger partial charge in [-0.05, 0) is 86.6 Å². The minimum Gasteiger partial charge on any atom is -0.490 e. The van der Waals surface area contributed by atoms with Crippen LogP contribution in [0.25, 0.3) is 11.1 Å². The van der Waals surface area contributed by atoms with Crippen molar-refractivity contribution >= 4 is 11.9 Å². The van der Waals surface area contributed by atoms with Crippen molar-refractivity contribution in [3.63, 3.8) is 0 Å². The Morgan fingerprint density at radius 1 is 0.864 bits per heavy atom. The van der Waals surface area contributed by atoms with E-state index in [2.05, 4.69) is 25.3 Å². The van der Waals surface area contributed by atoms with E-state index in [1.165, 1.54) is 6.42 Å². The van der Waals surface area contributed by atoms with Crippen molar-refractivity contribution < 1.29 is 43.1 Å². The van der Waals surface area contributed by atoms with Crippen molar-refractivity contribution in [3.8, 4) is 22.6 Å². The average molecular weight is 611 g/mol. The molecule has 3 rings (SSSR count). The molecule has 1 aliphatic carbocycles. The molecule has 1 fully saturated rings. The summed E-state index contributed by atoms with van der Waals surface area (Å²) in [5.41, 5.74) is 1.76. The fraction of sp³-hybridized carbons (Fsp3) is 0.429. The van der Waals surface area contributed by atoms with Crippen LogP contribution in [0.1, 0.15) is 56.9 Å². The Bertz CT molecular complexity index is 1260. The molecule has 0 bridgehead atoms. The minimum atomic E-state index is -0.725. The van der Waals surface area contributed by atoms with Gasteiger partial charge in [0.15, 0.2) is 0 Å². The highest BCUT2D eigenvalue weighted by Gasteiger charge is 2.23. The first-order valence-electron chi connectivity index (χ1n) is 15.0. The van der Waals surface area contributed by atoms with Crippen LogP contribution in [0.4, 0.5) is 4.39 Å². The van der Waals surface area contributed by atoms with Gasteiger partial charge < -0.3 is 29.2 Å². The van der Waals surface area contributed by atoms with Gasteiger partial charge in [-0.2, -0.15) is 0 Å². The number of rotatable bonds is 17. The molecule has 0 aromatic heterocycles. The van der Waals surface area contributed by atoms with Gasteiger partial charge in [-0.1, -0.05) is 37.4 Å². The van der Waals surface area contributed by atoms with Crippen LogP contribution in [0, 0.1) is 11.7 Å². The lowest BCUT2D eigenvalue weighted by atomic mass is 9.77. The van der Waals surface area contributed by atoms with Crippen LogP contribution in [0.2, 0.25) is 0 Å².